The predicted octanol–water partition coefficient (Wildman–Crippen LogP) is 2.44. The largest absolute Gasteiger partial charge is 0.320 e. The molecule has 0 saturated carbocycles. The van der Waals surface area contributed by atoms with Crippen LogP contribution in [0.4, 0.5) is 0 Å². The van der Waals surface area contributed by atoms with E-state index >= 15 is 0 Å². The molecule has 0 aliphatic carbocycles. The van der Waals surface area contributed by atoms with Gasteiger partial charge in [-0.2, -0.15) is 0 Å². The van der Waals surface area contributed by atoms with Gasteiger partial charge in [-0.3, -0.25) is 15.0 Å². The second-order valence-corrected chi connectivity index (χ2v) is 5.67. The van der Waals surface area contributed by atoms with E-state index in [1.165, 1.54) is 0 Å². The molecule has 1 aromatic carbocycles. The van der Waals surface area contributed by atoms with Gasteiger partial charge in [-0.05, 0) is 44.0 Å². The Bertz CT molecular complexity index is 706. The summed E-state index contributed by atoms with van der Waals surface area (Å²) in [7, 11) is 0. The molecule has 2 heterocycles. The highest BCUT2D eigenvalue weighted by Crippen LogP contribution is 2.23. The Kier molecular flexibility index (Phi) is 3.81. The fraction of sp³-hybridized carbons (Fsp3) is 0.294. The number of rotatable bonds is 3. The van der Waals surface area contributed by atoms with Crippen LogP contribution < -0.4 is 10.9 Å². The number of carbonyl (C=O) groups excluding carboxylic acids is 2. The first-order valence-electron chi connectivity index (χ1n) is 7.39. The van der Waals surface area contributed by atoms with Crippen LogP contribution in [-0.2, 0) is 4.79 Å². The van der Waals surface area contributed by atoms with E-state index in [-0.39, 0.29) is 17.7 Å². The molecule has 1 aliphatic rings. The molecular formula is C17H19N3O2. The minimum atomic E-state index is 0.0348. The molecule has 0 spiro atoms. The molecule has 1 aromatic heterocycles. The van der Waals surface area contributed by atoms with Crippen LogP contribution in [0.25, 0.3) is 5.69 Å². The number of carbonyl (C=O) groups is 2. The molecule has 5 heteroatoms. The van der Waals surface area contributed by atoms with Crippen LogP contribution in [0.5, 0.6) is 0 Å². The molecule has 1 amide bonds. The number of ketones is 1. The van der Waals surface area contributed by atoms with Crippen molar-refractivity contribution in [2.24, 2.45) is 0 Å². The minimum Gasteiger partial charge on any atom is -0.320 e. The Balaban J connectivity index is 1.82. The number of hydrazine groups is 1. The van der Waals surface area contributed by atoms with Gasteiger partial charge in [0.15, 0.2) is 5.78 Å². The van der Waals surface area contributed by atoms with Crippen molar-refractivity contribution in [2.45, 2.75) is 32.7 Å². The number of nitrogens with one attached hydrogen (secondary N) is 2. The van der Waals surface area contributed by atoms with Gasteiger partial charge in [0.25, 0.3) is 0 Å². The van der Waals surface area contributed by atoms with Crippen LogP contribution in [0.2, 0.25) is 0 Å². The van der Waals surface area contributed by atoms with Crippen molar-refractivity contribution in [1.82, 2.24) is 15.4 Å². The van der Waals surface area contributed by atoms with E-state index in [1.807, 2.05) is 35.9 Å². The third-order valence-corrected chi connectivity index (χ3v) is 4.04. The van der Waals surface area contributed by atoms with Crippen molar-refractivity contribution >= 4 is 11.7 Å². The Hall–Kier alpha value is -2.40. The SMILES string of the molecule is CC(=O)c1cc(C)n(-c2ccc(C3CCC(=O)NN3)cc2)c1. The number of hydrogen-bond acceptors (Lipinski definition) is 3. The first-order valence-corrected chi connectivity index (χ1v) is 7.39. The zero-order valence-electron chi connectivity index (χ0n) is 12.7. The van der Waals surface area contributed by atoms with Gasteiger partial charge >= 0.3 is 0 Å². The van der Waals surface area contributed by atoms with E-state index in [2.05, 4.69) is 23.0 Å². The molecule has 1 fully saturated rings. The highest BCUT2D eigenvalue weighted by atomic mass is 16.2. The summed E-state index contributed by atoms with van der Waals surface area (Å²) in [4.78, 5) is 22.6. The Morgan fingerprint density at radius 3 is 2.55 bits per heavy atom. The fourth-order valence-corrected chi connectivity index (χ4v) is 2.74. The van der Waals surface area contributed by atoms with Crippen LogP contribution in [0.3, 0.4) is 0 Å². The third-order valence-electron chi connectivity index (χ3n) is 4.04. The number of aryl methyl sites for hydroxylation is 1. The molecule has 0 radical (unpaired) electrons. The Morgan fingerprint density at radius 1 is 1.27 bits per heavy atom. The summed E-state index contributed by atoms with van der Waals surface area (Å²) in [6.45, 7) is 3.56. The number of hydrogen-bond donors (Lipinski definition) is 2. The van der Waals surface area contributed by atoms with Gasteiger partial charge in [-0.25, -0.2) is 5.43 Å². The average molecular weight is 297 g/mol. The standard InChI is InChI=1S/C17H19N3O2/c1-11-9-14(12(2)21)10-20(11)15-5-3-13(4-6-15)16-7-8-17(22)19-18-16/h3-6,9-10,16,18H,7-8H2,1-2H3,(H,19,22). The van der Waals surface area contributed by atoms with Gasteiger partial charge in [0.1, 0.15) is 0 Å². The van der Waals surface area contributed by atoms with Crippen LogP contribution in [-0.4, -0.2) is 16.3 Å². The topological polar surface area (TPSA) is 63.1 Å². The monoisotopic (exact) mass is 297 g/mol. The van der Waals surface area contributed by atoms with E-state index in [4.69, 9.17) is 0 Å². The van der Waals surface area contributed by atoms with Gasteiger partial charge < -0.3 is 4.57 Å². The molecule has 3 rings (SSSR count). The van der Waals surface area contributed by atoms with Crippen LogP contribution in [0.1, 0.15) is 47.4 Å². The van der Waals surface area contributed by atoms with Crippen molar-refractivity contribution in [1.29, 1.82) is 0 Å². The summed E-state index contributed by atoms with van der Waals surface area (Å²) in [5.74, 6) is 0.105. The summed E-state index contributed by atoms with van der Waals surface area (Å²) >= 11 is 0. The van der Waals surface area contributed by atoms with E-state index in [0.717, 1.165) is 28.9 Å². The normalized spacial score (nSPS) is 18.1. The van der Waals surface area contributed by atoms with Gasteiger partial charge in [0.05, 0.1) is 6.04 Å². The third kappa shape index (κ3) is 2.80. The second kappa shape index (κ2) is 5.77. The van der Waals surface area contributed by atoms with Gasteiger partial charge in [-0.1, -0.05) is 12.1 Å². The lowest BCUT2D eigenvalue weighted by atomic mass is 10.0. The van der Waals surface area contributed by atoms with Crippen LogP contribution in [0, 0.1) is 6.92 Å². The Morgan fingerprint density at radius 2 is 2.00 bits per heavy atom. The molecule has 22 heavy (non-hydrogen) atoms. The molecule has 114 valence electrons. The maximum absolute atomic E-state index is 11.5. The van der Waals surface area contributed by atoms with Crippen molar-refractivity contribution in [3.63, 3.8) is 0 Å². The molecule has 1 unspecified atom stereocenters. The van der Waals surface area contributed by atoms with E-state index in [0.29, 0.717) is 6.42 Å². The maximum atomic E-state index is 11.5. The Labute approximate surface area is 129 Å². The summed E-state index contributed by atoms with van der Waals surface area (Å²) in [5.41, 5.74) is 9.60. The molecule has 2 aromatic rings. The lowest BCUT2D eigenvalue weighted by molar-refractivity contribution is -0.124. The van der Waals surface area contributed by atoms with Gasteiger partial charge in [0.2, 0.25) is 5.91 Å². The molecule has 1 aliphatic heterocycles. The molecule has 1 atom stereocenters. The quantitative estimate of drug-likeness (QED) is 0.855. The summed E-state index contributed by atoms with van der Waals surface area (Å²) < 4.78 is 2.01. The number of amides is 1. The maximum Gasteiger partial charge on any atom is 0.234 e. The molecular weight excluding hydrogens is 278 g/mol. The van der Waals surface area contributed by atoms with Crippen molar-refractivity contribution in [2.75, 3.05) is 0 Å². The first-order chi connectivity index (χ1) is 10.5. The lowest BCUT2D eigenvalue weighted by Crippen LogP contribution is -2.44. The van der Waals surface area contributed by atoms with Gasteiger partial charge in [-0.15, -0.1) is 0 Å². The first kappa shape index (κ1) is 14.5. The van der Waals surface area contributed by atoms with E-state index in [9.17, 15) is 9.59 Å². The predicted molar refractivity (Wildman–Crippen MR) is 83.8 cm³/mol. The minimum absolute atomic E-state index is 0.0348. The summed E-state index contributed by atoms with van der Waals surface area (Å²) in [6, 6.07) is 10.2. The fourth-order valence-electron chi connectivity index (χ4n) is 2.74. The van der Waals surface area contributed by atoms with Crippen molar-refractivity contribution in [3.8, 4) is 5.69 Å². The molecule has 0 bridgehead atoms. The average Bonchev–Trinajstić information content (AvgIpc) is 2.91. The van der Waals surface area contributed by atoms with Crippen LogP contribution in [0.15, 0.2) is 36.5 Å². The molecule has 2 N–H and O–H groups in total. The number of aromatic nitrogens is 1. The highest BCUT2D eigenvalue weighted by molar-refractivity contribution is 5.94. The van der Waals surface area contributed by atoms with Crippen molar-refractivity contribution in [3.05, 3.63) is 53.3 Å². The zero-order chi connectivity index (χ0) is 15.7. The summed E-state index contributed by atoms with van der Waals surface area (Å²) in [6.07, 6.45) is 3.20. The van der Waals surface area contributed by atoms with Gasteiger partial charge in [0, 0.05) is 29.6 Å². The zero-order valence-corrected chi connectivity index (χ0v) is 12.7. The molecule has 5 nitrogen and oxygen atoms in total. The number of nitrogens with zero attached hydrogens (tertiary/aromatic N) is 1. The van der Waals surface area contributed by atoms with E-state index < -0.39 is 0 Å². The lowest BCUT2D eigenvalue weighted by Gasteiger charge is -2.24. The molecule has 1 saturated heterocycles. The smallest absolute Gasteiger partial charge is 0.234 e. The second-order valence-electron chi connectivity index (χ2n) is 5.67. The highest BCUT2D eigenvalue weighted by Gasteiger charge is 2.18. The van der Waals surface area contributed by atoms with E-state index in [1.54, 1.807) is 6.92 Å². The van der Waals surface area contributed by atoms with Crippen molar-refractivity contribution < 1.29 is 9.59 Å². The summed E-state index contributed by atoms with van der Waals surface area (Å²) in [5, 5.41) is 0. The number of benzene rings is 1. The number of Topliss-reactive ketones (excluding diaryl/α,β-unsaturated/α-hetero) is 1. The van der Waals surface area contributed by atoms with Crippen LogP contribution >= 0.6 is 0 Å².